The van der Waals surface area contributed by atoms with Crippen molar-refractivity contribution in [3.63, 3.8) is 0 Å². The van der Waals surface area contributed by atoms with Crippen LogP contribution in [0, 0.1) is 0 Å². The second-order valence-electron chi connectivity index (χ2n) is 5.89. The third kappa shape index (κ3) is 2.66. The van der Waals surface area contributed by atoms with E-state index in [1.54, 1.807) is 0 Å². The number of hydrogen-bond acceptors (Lipinski definition) is 3. The van der Waals surface area contributed by atoms with Crippen LogP contribution in [0.1, 0.15) is 32.8 Å². The van der Waals surface area contributed by atoms with E-state index in [-0.39, 0.29) is 11.4 Å². The topological polar surface area (TPSA) is 61.8 Å². The molecule has 0 heterocycles. The molecule has 0 saturated carbocycles. The standard InChI is InChI=1S/C17H23N3O/c1-5-17(2,3)20(4)15-11-10-14(16(18)19-21)12-8-6-7-9-13(12)15/h6-11,21H,5H2,1-4H3,(H2,18,19). The Morgan fingerprint density at radius 2 is 1.81 bits per heavy atom. The van der Waals surface area contributed by atoms with Gasteiger partial charge in [-0.25, -0.2) is 0 Å². The van der Waals surface area contributed by atoms with Gasteiger partial charge in [-0.2, -0.15) is 0 Å². The first-order valence-corrected chi connectivity index (χ1v) is 7.16. The Labute approximate surface area is 125 Å². The predicted octanol–water partition coefficient (Wildman–Crippen LogP) is 3.56. The van der Waals surface area contributed by atoms with Gasteiger partial charge >= 0.3 is 0 Å². The highest BCUT2D eigenvalue weighted by molar-refractivity contribution is 6.11. The number of anilines is 1. The Kier molecular flexibility index (Phi) is 4.07. The molecule has 21 heavy (non-hydrogen) atoms. The van der Waals surface area contributed by atoms with Gasteiger partial charge in [-0.1, -0.05) is 36.3 Å². The van der Waals surface area contributed by atoms with Crippen LogP contribution in [0.4, 0.5) is 5.69 Å². The number of fused-ring (bicyclic) bond motifs is 1. The van der Waals surface area contributed by atoms with Gasteiger partial charge in [-0.15, -0.1) is 0 Å². The van der Waals surface area contributed by atoms with Gasteiger partial charge in [0.25, 0.3) is 0 Å². The summed E-state index contributed by atoms with van der Waals surface area (Å²) in [5.41, 5.74) is 7.74. The lowest BCUT2D eigenvalue weighted by atomic mass is 9.96. The number of rotatable bonds is 4. The van der Waals surface area contributed by atoms with Crippen molar-refractivity contribution >= 4 is 22.3 Å². The first-order valence-electron chi connectivity index (χ1n) is 7.16. The van der Waals surface area contributed by atoms with E-state index in [1.807, 2.05) is 30.3 Å². The van der Waals surface area contributed by atoms with Crippen LogP contribution < -0.4 is 10.6 Å². The minimum Gasteiger partial charge on any atom is -0.409 e. The smallest absolute Gasteiger partial charge is 0.170 e. The fourth-order valence-electron chi connectivity index (χ4n) is 2.42. The molecule has 0 radical (unpaired) electrons. The first kappa shape index (κ1) is 15.2. The number of amidine groups is 1. The van der Waals surface area contributed by atoms with Crippen molar-refractivity contribution in [2.45, 2.75) is 32.7 Å². The molecule has 0 aliphatic rings. The zero-order chi connectivity index (χ0) is 15.6. The summed E-state index contributed by atoms with van der Waals surface area (Å²) in [4.78, 5) is 2.28. The summed E-state index contributed by atoms with van der Waals surface area (Å²) in [6.07, 6.45) is 1.04. The van der Waals surface area contributed by atoms with Gasteiger partial charge in [-0.05, 0) is 37.8 Å². The summed E-state index contributed by atoms with van der Waals surface area (Å²) in [5.74, 6) is 0.134. The monoisotopic (exact) mass is 285 g/mol. The lowest BCUT2D eigenvalue weighted by molar-refractivity contribution is 0.318. The SMILES string of the molecule is CCC(C)(C)N(C)c1ccc(/C(N)=N/O)c2ccccc12. The molecule has 0 aliphatic heterocycles. The number of hydrogen-bond donors (Lipinski definition) is 2. The molecule has 0 saturated heterocycles. The summed E-state index contributed by atoms with van der Waals surface area (Å²) in [5, 5.41) is 14.2. The van der Waals surface area contributed by atoms with Gasteiger partial charge in [0.2, 0.25) is 0 Å². The molecule has 0 fully saturated rings. The molecule has 3 N–H and O–H groups in total. The maximum absolute atomic E-state index is 8.95. The first-order chi connectivity index (χ1) is 9.92. The van der Waals surface area contributed by atoms with E-state index in [0.29, 0.717) is 0 Å². The van der Waals surface area contributed by atoms with E-state index in [0.717, 1.165) is 28.4 Å². The Balaban J connectivity index is 2.69. The largest absolute Gasteiger partial charge is 0.409 e. The Morgan fingerprint density at radius 1 is 1.19 bits per heavy atom. The average Bonchev–Trinajstić information content (AvgIpc) is 2.52. The van der Waals surface area contributed by atoms with Crippen molar-refractivity contribution in [1.29, 1.82) is 0 Å². The van der Waals surface area contributed by atoms with Gasteiger partial charge in [0.05, 0.1) is 0 Å². The average molecular weight is 285 g/mol. The van der Waals surface area contributed by atoms with Crippen LogP contribution in [0.3, 0.4) is 0 Å². The van der Waals surface area contributed by atoms with Crippen molar-refractivity contribution in [3.8, 4) is 0 Å². The van der Waals surface area contributed by atoms with Crippen molar-refractivity contribution < 1.29 is 5.21 Å². The van der Waals surface area contributed by atoms with Crippen molar-refractivity contribution in [2.75, 3.05) is 11.9 Å². The number of nitrogens with zero attached hydrogens (tertiary/aromatic N) is 2. The van der Waals surface area contributed by atoms with Crippen LogP contribution in [-0.4, -0.2) is 23.6 Å². The van der Waals surface area contributed by atoms with Crippen LogP contribution in [0.25, 0.3) is 10.8 Å². The van der Waals surface area contributed by atoms with E-state index >= 15 is 0 Å². The van der Waals surface area contributed by atoms with Gasteiger partial charge in [0.15, 0.2) is 5.84 Å². The third-order valence-electron chi connectivity index (χ3n) is 4.42. The summed E-state index contributed by atoms with van der Waals surface area (Å²) >= 11 is 0. The van der Waals surface area contributed by atoms with Crippen LogP contribution in [0.2, 0.25) is 0 Å². The minimum atomic E-state index is 0.0564. The third-order valence-corrected chi connectivity index (χ3v) is 4.42. The summed E-state index contributed by atoms with van der Waals surface area (Å²) < 4.78 is 0. The van der Waals surface area contributed by atoms with E-state index in [1.165, 1.54) is 0 Å². The molecule has 0 aliphatic carbocycles. The molecule has 0 bridgehead atoms. The Hall–Kier alpha value is -2.23. The molecule has 0 spiro atoms. The maximum Gasteiger partial charge on any atom is 0.170 e. The molecule has 0 aromatic heterocycles. The van der Waals surface area contributed by atoms with E-state index in [4.69, 9.17) is 10.9 Å². The number of benzene rings is 2. The Morgan fingerprint density at radius 3 is 2.38 bits per heavy atom. The molecule has 2 rings (SSSR count). The normalized spacial score (nSPS) is 12.7. The molecule has 0 amide bonds. The summed E-state index contributed by atoms with van der Waals surface area (Å²) in [6.45, 7) is 6.63. The molecule has 4 nitrogen and oxygen atoms in total. The second-order valence-corrected chi connectivity index (χ2v) is 5.89. The van der Waals surface area contributed by atoms with Crippen molar-refractivity contribution in [3.05, 3.63) is 42.0 Å². The highest BCUT2D eigenvalue weighted by Crippen LogP contribution is 2.33. The quantitative estimate of drug-likeness (QED) is 0.391. The van der Waals surface area contributed by atoms with Crippen LogP contribution >= 0.6 is 0 Å². The zero-order valence-corrected chi connectivity index (χ0v) is 13.1. The number of oxime groups is 1. The second kappa shape index (κ2) is 5.64. The van der Waals surface area contributed by atoms with E-state index in [9.17, 15) is 0 Å². The predicted molar refractivity (Wildman–Crippen MR) is 89.2 cm³/mol. The van der Waals surface area contributed by atoms with Gasteiger partial charge in [0.1, 0.15) is 0 Å². The van der Waals surface area contributed by atoms with E-state index < -0.39 is 0 Å². The molecule has 2 aromatic rings. The molecular weight excluding hydrogens is 262 g/mol. The number of nitrogens with two attached hydrogens (primary N) is 1. The lowest BCUT2D eigenvalue weighted by Crippen LogP contribution is -2.40. The molecule has 4 heteroatoms. The van der Waals surface area contributed by atoms with Gasteiger partial charge in [0, 0.05) is 29.2 Å². The minimum absolute atomic E-state index is 0.0564. The molecule has 0 atom stereocenters. The maximum atomic E-state index is 8.95. The highest BCUT2D eigenvalue weighted by Gasteiger charge is 2.23. The van der Waals surface area contributed by atoms with Crippen molar-refractivity contribution in [1.82, 2.24) is 0 Å². The molecule has 2 aromatic carbocycles. The fourth-order valence-corrected chi connectivity index (χ4v) is 2.42. The zero-order valence-electron chi connectivity index (χ0n) is 13.1. The molecule has 112 valence electrons. The lowest BCUT2D eigenvalue weighted by Gasteiger charge is -2.37. The Bertz CT molecular complexity index is 677. The van der Waals surface area contributed by atoms with Crippen LogP contribution in [-0.2, 0) is 0 Å². The van der Waals surface area contributed by atoms with Crippen LogP contribution in [0.15, 0.2) is 41.6 Å². The molecule has 0 unspecified atom stereocenters. The molecular formula is C17H23N3O. The highest BCUT2D eigenvalue weighted by atomic mass is 16.4. The van der Waals surface area contributed by atoms with Crippen molar-refractivity contribution in [2.24, 2.45) is 10.9 Å². The van der Waals surface area contributed by atoms with Gasteiger partial charge in [-0.3, -0.25) is 0 Å². The summed E-state index contributed by atoms with van der Waals surface area (Å²) in [6, 6.07) is 12.0. The van der Waals surface area contributed by atoms with Gasteiger partial charge < -0.3 is 15.8 Å². The van der Waals surface area contributed by atoms with Crippen LogP contribution in [0.5, 0.6) is 0 Å². The summed E-state index contributed by atoms with van der Waals surface area (Å²) in [7, 11) is 2.11. The fraction of sp³-hybridized carbons (Fsp3) is 0.353. The van der Waals surface area contributed by atoms with E-state index in [2.05, 4.69) is 43.9 Å².